The molecule has 0 radical (unpaired) electrons. The monoisotopic (exact) mass is 393 g/mol. The zero-order valence-electron chi connectivity index (χ0n) is 10.9. The van der Waals surface area contributed by atoms with Gasteiger partial charge in [-0.25, -0.2) is 12.7 Å². The van der Waals surface area contributed by atoms with E-state index in [1.807, 2.05) is 13.8 Å². The Balaban J connectivity index is 2.36. The minimum absolute atomic E-state index is 0.184. The lowest BCUT2D eigenvalue weighted by molar-refractivity contribution is -0.123. The number of carbonyl (C=O) groups excluding carboxylic acids is 1. The number of hydrogen-bond acceptors (Lipinski definition) is 3. The number of rotatable bonds is 3. The first kappa shape index (κ1) is 14.8. The van der Waals surface area contributed by atoms with Crippen molar-refractivity contribution in [2.45, 2.75) is 25.2 Å². The molecule has 0 aromatic heterocycles. The summed E-state index contributed by atoms with van der Waals surface area (Å²) < 4.78 is 26.7. The largest absolute Gasteiger partial charge is 0.274 e. The Labute approximate surface area is 127 Å². The molecule has 1 saturated heterocycles. The number of aryl methyl sites for hydroxylation is 1. The maximum absolute atomic E-state index is 12.5. The lowest BCUT2D eigenvalue weighted by atomic mass is 9.93. The molecule has 0 aliphatic carbocycles. The number of hydrogen-bond donors (Lipinski definition) is 0. The molecule has 1 aromatic rings. The van der Waals surface area contributed by atoms with E-state index >= 15 is 0 Å². The van der Waals surface area contributed by atoms with Crippen molar-refractivity contribution >= 4 is 38.5 Å². The van der Waals surface area contributed by atoms with Gasteiger partial charge in [0.25, 0.3) is 10.0 Å². The van der Waals surface area contributed by atoms with Gasteiger partial charge in [0.05, 0.1) is 4.90 Å². The number of halogens is 1. The van der Waals surface area contributed by atoms with Gasteiger partial charge in [-0.2, -0.15) is 0 Å². The van der Waals surface area contributed by atoms with Crippen molar-refractivity contribution in [2.24, 2.45) is 5.41 Å². The average molecular weight is 393 g/mol. The van der Waals surface area contributed by atoms with Crippen LogP contribution < -0.4 is 0 Å². The first-order chi connectivity index (χ1) is 8.78. The Hall–Kier alpha value is -0.630. The molecule has 1 aromatic carbocycles. The molecular weight excluding hydrogens is 377 g/mol. The molecule has 2 rings (SSSR count). The van der Waals surface area contributed by atoms with Crippen molar-refractivity contribution in [3.63, 3.8) is 0 Å². The van der Waals surface area contributed by atoms with Gasteiger partial charge in [-0.05, 0) is 19.1 Å². The summed E-state index contributed by atoms with van der Waals surface area (Å²) in [6, 6.07) is 6.59. The van der Waals surface area contributed by atoms with Crippen LogP contribution in [0.15, 0.2) is 29.2 Å². The standard InChI is InChI=1S/C13H16INO3S/c1-10-3-5-11(6-4-10)19(17,18)15-9-13(2,8-14)7-12(15)16/h3-6H,7-9H2,1-2H3. The van der Waals surface area contributed by atoms with Crippen LogP contribution in [0.3, 0.4) is 0 Å². The second-order valence-corrected chi connectivity index (χ2v) is 7.96. The summed E-state index contributed by atoms with van der Waals surface area (Å²) in [5.41, 5.74) is 0.735. The van der Waals surface area contributed by atoms with Crippen molar-refractivity contribution in [1.82, 2.24) is 4.31 Å². The van der Waals surface area contributed by atoms with E-state index in [-0.39, 0.29) is 22.8 Å². The third-order valence-corrected chi connectivity index (χ3v) is 6.94. The third-order valence-electron chi connectivity index (χ3n) is 3.31. The minimum atomic E-state index is -3.71. The lowest BCUT2D eigenvalue weighted by Gasteiger charge is -2.21. The number of benzene rings is 1. The average Bonchev–Trinajstić information content (AvgIpc) is 2.67. The molecule has 0 bridgehead atoms. The smallest absolute Gasteiger partial charge is 0.266 e. The zero-order valence-corrected chi connectivity index (χ0v) is 13.9. The normalized spacial score (nSPS) is 23.9. The fourth-order valence-electron chi connectivity index (χ4n) is 2.09. The van der Waals surface area contributed by atoms with Gasteiger partial charge in [-0.3, -0.25) is 4.79 Å². The highest BCUT2D eigenvalue weighted by atomic mass is 127. The van der Waals surface area contributed by atoms with E-state index in [2.05, 4.69) is 22.6 Å². The van der Waals surface area contributed by atoms with Gasteiger partial charge in [0, 0.05) is 22.8 Å². The predicted molar refractivity (Wildman–Crippen MR) is 81.7 cm³/mol. The zero-order chi connectivity index (χ0) is 14.3. The molecule has 6 heteroatoms. The maximum atomic E-state index is 12.5. The summed E-state index contributed by atoms with van der Waals surface area (Å²) in [5, 5.41) is 0. The minimum Gasteiger partial charge on any atom is -0.274 e. The third kappa shape index (κ3) is 2.79. The van der Waals surface area contributed by atoms with E-state index < -0.39 is 10.0 Å². The van der Waals surface area contributed by atoms with Crippen molar-refractivity contribution in [3.05, 3.63) is 29.8 Å². The highest BCUT2D eigenvalue weighted by molar-refractivity contribution is 14.1. The van der Waals surface area contributed by atoms with Gasteiger partial charge in [-0.15, -0.1) is 0 Å². The Bertz CT molecular complexity index is 597. The summed E-state index contributed by atoms with van der Waals surface area (Å²) in [5.74, 6) is -0.306. The van der Waals surface area contributed by atoms with Crippen molar-refractivity contribution in [1.29, 1.82) is 0 Å². The van der Waals surface area contributed by atoms with Crippen molar-refractivity contribution < 1.29 is 13.2 Å². The summed E-state index contributed by atoms with van der Waals surface area (Å²) in [6.45, 7) is 4.11. The number of alkyl halides is 1. The van der Waals surface area contributed by atoms with Gasteiger partial charge < -0.3 is 0 Å². The summed E-state index contributed by atoms with van der Waals surface area (Å²) in [7, 11) is -3.71. The van der Waals surface area contributed by atoms with Gasteiger partial charge in [-0.1, -0.05) is 47.2 Å². The Morgan fingerprint density at radius 1 is 1.32 bits per heavy atom. The first-order valence-electron chi connectivity index (χ1n) is 5.97. The highest BCUT2D eigenvalue weighted by Gasteiger charge is 2.44. The van der Waals surface area contributed by atoms with Gasteiger partial charge in [0.1, 0.15) is 0 Å². The molecule has 1 unspecified atom stereocenters. The van der Waals surface area contributed by atoms with Crippen molar-refractivity contribution in [3.8, 4) is 0 Å². The molecule has 1 fully saturated rings. The van der Waals surface area contributed by atoms with E-state index in [0.717, 1.165) is 14.3 Å². The highest BCUT2D eigenvalue weighted by Crippen LogP contribution is 2.35. The van der Waals surface area contributed by atoms with Gasteiger partial charge >= 0.3 is 0 Å². The molecular formula is C13H16INO3S. The van der Waals surface area contributed by atoms with Crippen LogP contribution >= 0.6 is 22.6 Å². The van der Waals surface area contributed by atoms with Crippen LogP contribution in [-0.4, -0.2) is 29.6 Å². The number of sulfonamides is 1. The molecule has 19 heavy (non-hydrogen) atoms. The number of carbonyl (C=O) groups is 1. The molecule has 0 N–H and O–H groups in total. The molecule has 0 saturated carbocycles. The molecule has 1 atom stereocenters. The Morgan fingerprint density at radius 2 is 1.89 bits per heavy atom. The van der Waals surface area contributed by atoms with Crippen LogP contribution in [0.1, 0.15) is 18.9 Å². The molecule has 1 aliphatic heterocycles. The van der Waals surface area contributed by atoms with E-state index in [9.17, 15) is 13.2 Å². The summed E-state index contributed by atoms with van der Waals surface area (Å²) in [6.07, 6.45) is 0.293. The fraction of sp³-hybridized carbons (Fsp3) is 0.462. The van der Waals surface area contributed by atoms with E-state index in [0.29, 0.717) is 6.42 Å². The second-order valence-electron chi connectivity index (χ2n) is 5.34. The van der Waals surface area contributed by atoms with Crippen LogP contribution in [0, 0.1) is 12.3 Å². The molecule has 0 spiro atoms. The van der Waals surface area contributed by atoms with E-state index in [1.165, 1.54) is 0 Å². The van der Waals surface area contributed by atoms with Gasteiger partial charge in [0.2, 0.25) is 5.91 Å². The topological polar surface area (TPSA) is 54.5 Å². The van der Waals surface area contributed by atoms with Gasteiger partial charge in [0.15, 0.2) is 0 Å². The van der Waals surface area contributed by atoms with E-state index in [4.69, 9.17) is 0 Å². The maximum Gasteiger partial charge on any atom is 0.266 e. The fourth-order valence-corrected chi connectivity index (χ4v) is 4.15. The van der Waals surface area contributed by atoms with Crippen LogP contribution in [0.4, 0.5) is 0 Å². The van der Waals surface area contributed by atoms with Crippen molar-refractivity contribution in [2.75, 3.05) is 11.0 Å². The molecule has 1 amide bonds. The molecule has 104 valence electrons. The predicted octanol–water partition coefficient (Wildman–Crippen LogP) is 2.36. The quantitative estimate of drug-likeness (QED) is 0.585. The molecule has 4 nitrogen and oxygen atoms in total. The summed E-state index contributed by atoms with van der Waals surface area (Å²) >= 11 is 2.20. The van der Waals surface area contributed by atoms with Crippen LogP contribution in [-0.2, 0) is 14.8 Å². The van der Waals surface area contributed by atoms with Crippen LogP contribution in [0.25, 0.3) is 0 Å². The van der Waals surface area contributed by atoms with Crippen LogP contribution in [0.2, 0.25) is 0 Å². The second kappa shape index (κ2) is 5.05. The number of amides is 1. The SMILES string of the molecule is Cc1ccc(S(=O)(=O)N2CC(C)(CI)CC2=O)cc1. The lowest BCUT2D eigenvalue weighted by Crippen LogP contribution is -2.34. The first-order valence-corrected chi connectivity index (χ1v) is 8.93. The van der Waals surface area contributed by atoms with Crippen LogP contribution in [0.5, 0.6) is 0 Å². The Kier molecular flexibility index (Phi) is 3.92. The summed E-state index contributed by atoms with van der Waals surface area (Å²) in [4.78, 5) is 12.2. The number of nitrogens with zero attached hydrogens (tertiary/aromatic N) is 1. The molecule has 1 aliphatic rings. The Morgan fingerprint density at radius 3 is 2.37 bits per heavy atom. The molecule has 1 heterocycles. The van der Waals surface area contributed by atoms with E-state index in [1.54, 1.807) is 24.3 Å².